The molecule has 6 rings (SSSR count). The van der Waals surface area contributed by atoms with Crippen LogP contribution in [-0.4, -0.2) is 78.4 Å². The maximum atomic E-state index is 15.1. The van der Waals surface area contributed by atoms with Crippen molar-refractivity contribution in [3.63, 3.8) is 0 Å². The predicted molar refractivity (Wildman–Crippen MR) is 159 cm³/mol. The van der Waals surface area contributed by atoms with Crippen molar-refractivity contribution in [3.8, 4) is 0 Å². The van der Waals surface area contributed by atoms with Gasteiger partial charge in [-0.1, -0.05) is 18.2 Å². The average Bonchev–Trinajstić information content (AvgIpc) is 3.63. The molecule has 1 unspecified atom stereocenters. The second kappa shape index (κ2) is 12.1. The first kappa shape index (κ1) is 28.8. The number of carbonyl (C=O) groups is 1. The van der Waals surface area contributed by atoms with Crippen molar-refractivity contribution in [2.24, 2.45) is 5.92 Å². The van der Waals surface area contributed by atoms with Gasteiger partial charge in [-0.3, -0.25) is 15.0 Å². The molecule has 0 radical (unpaired) electrons. The first-order chi connectivity index (χ1) is 20.3. The minimum Gasteiger partial charge on any atom is -0.378 e. The number of likely N-dealkylation sites (tertiary alicyclic amines) is 1. The van der Waals surface area contributed by atoms with Gasteiger partial charge in [0.2, 0.25) is 11.9 Å². The molecular formula is C32H40F2N6O2. The van der Waals surface area contributed by atoms with E-state index in [1.54, 1.807) is 6.20 Å². The standard InChI is InChI=1S/C32H40F2N6O2/c1-22-3-4-23(29(17-22)38-13-15-42-16-14-38)19-39-12-11-36-31(39)37-30(41)27-21-40(32(2)7-9-35-10-8-32)20-26(27)25-6-5-24(33)18-28(25)34/h3-6,11-12,17-18,26-27,35H,7-10,13-16,19-21H2,1-2H3,(H,36,37,41)/t26-,27?/m0/s1. The second-order valence-electron chi connectivity index (χ2n) is 12.1. The molecule has 8 nitrogen and oxygen atoms in total. The molecule has 4 heterocycles. The summed E-state index contributed by atoms with van der Waals surface area (Å²) in [6.07, 6.45) is 5.46. The molecule has 0 bridgehead atoms. The molecule has 0 aliphatic carbocycles. The highest BCUT2D eigenvalue weighted by atomic mass is 19.1. The molecule has 3 saturated heterocycles. The Morgan fingerprint density at radius 1 is 1.12 bits per heavy atom. The Labute approximate surface area is 246 Å². The SMILES string of the molecule is Cc1ccc(Cn2ccnc2NC(=O)C2CN(C3(C)CCNCC3)C[C@H]2c2ccc(F)cc2F)c(N2CCOCC2)c1. The van der Waals surface area contributed by atoms with Gasteiger partial charge in [-0.2, -0.15) is 0 Å². The van der Waals surface area contributed by atoms with Crippen molar-refractivity contribution in [2.75, 3.05) is 62.7 Å². The zero-order chi connectivity index (χ0) is 29.3. The maximum Gasteiger partial charge on any atom is 0.231 e. The van der Waals surface area contributed by atoms with Gasteiger partial charge < -0.3 is 19.5 Å². The van der Waals surface area contributed by atoms with Crippen molar-refractivity contribution in [2.45, 2.75) is 44.7 Å². The quantitative estimate of drug-likeness (QED) is 0.439. The van der Waals surface area contributed by atoms with Crippen molar-refractivity contribution in [3.05, 3.63) is 77.1 Å². The number of piperidine rings is 1. The summed E-state index contributed by atoms with van der Waals surface area (Å²) in [4.78, 5) is 23.1. The summed E-state index contributed by atoms with van der Waals surface area (Å²) in [5, 5.41) is 6.48. The van der Waals surface area contributed by atoms with Crippen LogP contribution in [-0.2, 0) is 16.1 Å². The van der Waals surface area contributed by atoms with Gasteiger partial charge in [0.25, 0.3) is 0 Å². The average molecular weight is 579 g/mol. The number of ether oxygens (including phenoxy) is 1. The molecule has 10 heteroatoms. The van der Waals surface area contributed by atoms with E-state index in [-0.39, 0.29) is 11.4 Å². The number of imidazole rings is 1. The van der Waals surface area contributed by atoms with Gasteiger partial charge in [0.1, 0.15) is 11.6 Å². The number of hydrogen-bond donors (Lipinski definition) is 2. The summed E-state index contributed by atoms with van der Waals surface area (Å²) < 4.78 is 36.4. The molecule has 1 aromatic heterocycles. The summed E-state index contributed by atoms with van der Waals surface area (Å²) in [7, 11) is 0. The molecule has 3 aliphatic rings. The molecule has 3 aliphatic heterocycles. The van der Waals surface area contributed by atoms with E-state index in [0.29, 0.717) is 44.4 Å². The van der Waals surface area contributed by atoms with Crippen LogP contribution in [0.15, 0.2) is 48.8 Å². The zero-order valence-electron chi connectivity index (χ0n) is 24.4. The largest absolute Gasteiger partial charge is 0.378 e. The summed E-state index contributed by atoms with van der Waals surface area (Å²) in [5.41, 5.74) is 3.78. The normalized spacial score (nSPS) is 22.8. The van der Waals surface area contributed by atoms with Crippen molar-refractivity contribution >= 4 is 17.5 Å². The van der Waals surface area contributed by atoms with Crippen molar-refractivity contribution in [1.29, 1.82) is 0 Å². The Morgan fingerprint density at radius 3 is 2.67 bits per heavy atom. The molecule has 2 atom stereocenters. The number of amides is 1. The molecule has 2 aromatic carbocycles. The van der Waals surface area contributed by atoms with Crippen molar-refractivity contribution in [1.82, 2.24) is 19.8 Å². The highest BCUT2D eigenvalue weighted by molar-refractivity contribution is 5.92. The Balaban J connectivity index is 1.24. The molecule has 42 heavy (non-hydrogen) atoms. The van der Waals surface area contributed by atoms with E-state index in [0.717, 1.165) is 56.3 Å². The lowest BCUT2D eigenvalue weighted by molar-refractivity contribution is -0.120. The molecule has 3 fully saturated rings. The summed E-state index contributed by atoms with van der Waals surface area (Å²) in [6, 6.07) is 10.1. The van der Waals surface area contributed by atoms with Crippen LogP contribution in [0.2, 0.25) is 0 Å². The zero-order valence-corrected chi connectivity index (χ0v) is 24.4. The van der Waals surface area contributed by atoms with E-state index in [2.05, 4.69) is 57.5 Å². The predicted octanol–water partition coefficient (Wildman–Crippen LogP) is 4.15. The van der Waals surface area contributed by atoms with Gasteiger partial charge in [0.15, 0.2) is 0 Å². The number of hydrogen-bond acceptors (Lipinski definition) is 6. The minimum atomic E-state index is -0.619. The fraction of sp³-hybridized carbons (Fsp3) is 0.500. The summed E-state index contributed by atoms with van der Waals surface area (Å²) in [6.45, 7) is 10.8. The number of morpholine rings is 1. The first-order valence-corrected chi connectivity index (χ1v) is 15.0. The number of carbonyl (C=O) groups excluding carboxylic acids is 1. The highest BCUT2D eigenvalue weighted by Gasteiger charge is 2.46. The van der Waals surface area contributed by atoms with E-state index >= 15 is 4.39 Å². The fourth-order valence-electron chi connectivity index (χ4n) is 6.76. The van der Waals surface area contributed by atoms with Crippen LogP contribution < -0.4 is 15.5 Å². The Bertz CT molecular complexity index is 1420. The lowest BCUT2D eigenvalue weighted by Crippen LogP contribution is -2.52. The highest BCUT2D eigenvalue weighted by Crippen LogP contribution is 2.40. The minimum absolute atomic E-state index is 0.0885. The number of halogens is 2. The topological polar surface area (TPSA) is 74.7 Å². The number of benzene rings is 2. The number of aryl methyl sites for hydroxylation is 1. The molecule has 0 spiro atoms. The van der Waals surface area contributed by atoms with Crippen LogP contribution in [0.4, 0.5) is 20.4 Å². The van der Waals surface area contributed by atoms with Gasteiger partial charge in [-0.05, 0) is 68.6 Å². The third-order valence-electron chi connectivity index (χ3n) is 9.35. The summed E-state index contributed by atoms with van der Waals surface area (Å²) >= 11 is 0. The van der Waals surface area contributed by atoms with E-state index in [4.69, 9.17) is 4.74 Å². The van der Waals surface area contributed by atoms with E-state index < -0.39 is 23.5 Å². The Hall–Kier alpha value is -3.34. The monoisotopic (exact) mass is 578 g/mol. The third-order valence-corrected chi connectivity index (χ3v) is 9.35. The lowest BCUT2D eigenvalue weighted by atomic mass is 9.87. The van der Waals surface area contributed by atoms with Crippen LogP contribution in [0, 0.1) is 24.5 Å². The van der Waals surface area contributed by atoms with Gasteiger partial charge in [0.05, 0.1) is 25.7 Å². The van der Waals surface area contributed by atoms with E-state index in [9.17, 15) is 9.18 Å². The maximum absolute atomic E-state index is 15.1. The molecule has 2 N–H and O–H groups in total. The summed E-state index contributed by atoms with van der Waals surface area (Å²) in [5.74, 6) is -1.87. The Morgan fingerprint density at radius 2 is 1.90 bits per heavy atom. The number of rotatable bonds is 7. The molecule has 224 valence electrons. The smallest absolute Gasteiger partial charge is 0.231 e. The fourth-order valence-corrected chi connectivity index (χ4v) is 6.76. The second-order valence-corrected chi connectivity index (χ2v) is 12.1. The van der Waals surface area contributed by atoms with Crippen molar-refractivity contribution < 1.29 is 18.3 Å². The van der Waals surface area contributed by atoms with Gasteiger partial charge in [-0.15, -0.1) is 0 Å². The third kappa shape index (κ3) is 5.93. The molecular weight excluding hydrogens is 538 g/mol. The van der Waals surface area contributed by atoms with Crippen LogP contribution in [0.25, 0.3) is 0 Å². The van der Waals surface area contributed by atoms with E-state index in [1.165, 1.54) is 17.7 Å². The van der Waals surface area contributed by atoms with Gasteiger partial charge in [-0.25, -0.2) is 13.8 Å². The number of anilines is 2. The van der Waals surface area contributed by atoms with Crippen LogP contribution in [0.5, 0.6) is 0 Å². The first-order valence-electron chi connectivity index (χ1n) is 15.0. The molecule has 0 saturated carbocycles. The van der Waals surface area contributed by atoms with Crippen LogP contribution >= 0.6 is 0 Å². The number of nitrogens with one attached hydrogen (secondary N) is 2. The van der Waals surface area contributed by atoms with Gasteiger partial charge >= 0.3 is 0 Å². The lowest BCUT2D eigenvalue weighted by Gasteiger charge is -2.42. The Kier molecular flexibility index (Phi) is 8.29. The molecule has 1 amide bonds. The van der Waals surface area contributed by atoms with E-state index in [1.807, 2.05) is 10.8 Å². The number of aromatic nitrogens is 2. The number of nitrogens with zero attached hydrogens (tertiary/aromatic N) is 4. The molecule has 3 aromatic rings. The van der Waals surface area contributed by atoms with Crippen LogP contribution in [0.3, 0.4) is 0 Å². The van der Waals surface area contributed by atoms with Gasteiger partial charge in [0, 0.05) is 61.8 Å². The van der Waals surface area contributed by atoms with Crippen LogP contribution in [0.1, 0.15) is 42.4 Å².